The second-order valence-corrected chi connectivity index (χ2v) is 5.66. The Morgan fingerprint density at radius 1 is 1.23 bits per heavy atom. The summed E-state index contributed by atoms with van der Waals surface area (Å²) in [6.45, 7) is 4.53. The van der Waals surface area contributed by atoms with Crippen molar-refractivity contribution in [2.75, 3.05) is 11.9 Å². The highest BCUT2D eigenvalue weighted by Gasteiger charge is 2.19. The van der Waals surface area contributed by atoms with Gasteiger partial charge in [0.15, 0.2) is 5.16 Å². The molecule has 0 aliphatic rings. The molecule has 1 unspecified atom stereocenters. The van der Waals surface area contributed by atoms with Crippen molar-refractivity contribution < 1.29 is 9.53 Å². The summed E-state index contributed by atoms with van der Waals surface area (Å²) < 4.78 is 5.38. The minimum Gasteiger partial charge on any atom is -0.494 e. The van der Waals surface area contributed by atoms with E-state index in [1.165, 1.54) is 11.8 Å². The molecule has 1 heterocycles. The maximum Gasteiger partial charge on any atom is 0.237 e. The van der Waals surface area contributed by atoms with E-state index >= 15 is 0 Å². The van der Waals surface area contributed by atoms with Crippen LogP contribution >= 0.6 is 11.8 Å². The molecule has 0 spiro atoms. The first-order valence-corrected chi connectivity index (χ1v) is 8.08. The molecule has 116 valence electrons. The minimum atomic E-state index is -0.228. The third-order valence-corrected chi connectivity index (χ3v) is 4.14. The Morgan fingerprint density at radius 2 is 1.91 bits per heavy atom. The van der Waals surface area contributed by atoms with Gasteiger partial charge in [0.1, 0.15) is 5.75 Å². The molecular formula is C16H19N3O2S. The smallest absolute Gasteiger partial charge is 0.237 e. The van der Waals surface area contributed by atoms with Crippen molar-refractivity contribution in [3.05, 3.63) is 42.7 Å². The average molecular weight is 317 g/mol. The zero-order valence-electron chi connectivity index (χ0n) is 12.7. The molecule has 6 heteroatoms. The third-order valence-electron chi connectivity index (χ3n) is 2.89. The van der Waals surface area contributed by atoms with E-state index in [-0.39, 0.29) is 11.2 Å². The Morgan fingerprint density at radius 3 is 2.50 bits per heavy atom. The molecule has 2 rings (SSSR count). The van der Waals surface area contributed by atoms with Crippen LogP contribution in [-0.4, -0.2) is 27.7 Å². The zero-order valence-corrected chi connectivity index (χ0v) is 13.5. The largest absolute Gasteiger partial charge is 0.494 e. The molecule has 0 radical (unpaired) electrons. The number of nitrogens with one attached hydrogen (secondary N) is 1. The standard InChI is InChI=1S/C16H19N3O2S/c1-3-14(22-16-17-10-5-11-18-16)15(20)19-12-6-8-13(9-7-12)21-4-2/h5-11,14H,3-4H2,1-2H3,(H,19,20). The lowest BCUT2D eigenvalue weighted by Crippen LogP contribution is -2.24. The molecule has 0 aliphatic heterocycles. The van der Waals surface area contributed by atoms with E-state index in [0.29, 0.717) is 18.2 Å². The Kier molecular flexibility index (Phi) is 6.21. The quantitative estimate of drug-likeness (QED) is 0.626. The van der Waals surface area contributed by atoms with Crippen molar-refractivity contribution in [3.63, 3.8) is 0 Å². The van der Waals surface area contributed by atoms with E-state index in [4.69, 9.17) is 4.74 Å². The molecule has 1 N–H and O–H groups in total. The van der Waals surface area contributed by atoms with E-state index in [1.807, 2.05) is 38.1 Å². The number of hydrogen-bond acceptors (Lipinski definition) is 5. The monoisotopic (exact) mass is 317 g/mol. The van der Waals surface area contributed by atoms with Crippen LogP contribution in [0.2, 0.25) is 0 Å². The van der Waals surface area contributed by atoms with Crippen molar-refractivity contribution in [2.24, 2.45) is 0 Å². The van der Waals surface area contributed by atoms with Crippen molar-refractivity contribution in [3.8, 4) is 5.75 Å². The lowest BCUT2D eigenvalue weighted by atomic mass is 10.2. The fourth-order valence-electron chi connectivity index (χ4n) is 1.82. The summed E-state index contributed by atoms with van der Waals surface area (Å²) in [5, 5.41) is 3.29. The maximum atomic E-state index is 12.3. The average Bonchev–Trinajstić information content (AvgIpc) is 2.55. The highest BCUT2D eigenvalue weighted by atomic mass is 32.2. The fraction of sp³-hybridized carbons (Fsp3) is 0.312. The number of anilines is 1. The van der Waals surface area contributed by atoms with Gasteiger partial charge in [-0.2, -0.15) is 0 Å². The van der Waals surface area contributed by atoms with Crippen molar-refractivity contribution >= 4 is 23.4 Å². The van der Waals surface area contributed by atoms with Gasteiger partial charge in [0, 0.05) is 18.1 Å². The van der Waals surface area contributed by atoms with Gasteiger partial charge in [0.05, 0.1) is 11.9 Å². The number of rotatable bonds is 7. The predicted molar refractivity (Wildman–Crippen MR) is 88.2 cm³/mol. The number of nitrogens with zero attached hydrogens (tertiary/aromatic N) is 2. The van der Waals surface area contributed by atoms with Crippen molar-refractivity contribution in [1.29, 1.82) is 0 Å². The summed E-state index contributed by atoms with van der Waals surface area (Å²) in [5.41, 5.74) is 0.751. The van der Waals surface area contributed by atoms with Gasteiger partial charge in [-0.1, -0.05) is 18.7 Å². The Balaban J connectivity index is 1.96. The highest BCUT2D eigenvalue weighted by Crippen LogP contribution is 2.23. The van der Waals surface area contributed by atoms with Crippen LogP contribution in [0, 0.1) is 0 Å². The normalized spacial score (nSPS) is 11.7. The number of amides is 1. The number of thioether (sulfide) groups is 1. The van der Waals surface area contributed by atoms with E-state index in [1.54, 1.807) is 18.5 Å². The van der Waals surface area contributed by atoms with Gasteiger partial charge in [-0.3, -0.25) is 4.79 Å². The molecule has 22 heavy (non-hydrogen) atoms. The topological polar surface area (TPSA) is 64.1 Å². The van der Waals surface area contributed by atoms with E-state index in [2.05, 4.69) is 15.3 Å². The maximum absolute atomic E-state index is 12.3. The van der Waals surface area contributed by atoms with Crippen molar-refractivity contribution in [2.45, 2.75) is 30.7 Å². The first kappa shape index (κ1) is 16.3. The van der Waals surface area contributed by atoms with Crippen LogP contribution in [0.15, 0.2) is 47.9 Å². The van der Waals surface area contributed by atoms with Crippen LogP contribution in [-0.2, 0) is 4.79 Å². The summed E-state index contributed by atoms with van der Waals surface area (Å²) in [4.78, 5) is 20.6. The van der Waals surface area contributed by atoms with Crippen LogP contribution in [0.4, 0.5) is 5.69 Å². The first-order valence-electron chi connectivity index (χ1n) is 7.20. The summed E-state index contributed by atoms with van der Waals surface area (Å²) in [6, 6.07) is 9.10. The van der Waals surface area contributed by atoms with Crippen LogP contribution in [0.5, 0.6) is 5.75 Å². The van der Waals surface area contributed by atoms with Crippen LogP contribution in [0.1, 0.15) is 20.3 Å². The molecule has 1 amide bonds. The highest BCUT2D eigenvalue weighted by molar-refractivity contribution is 8.00. The molecule has 1 aromatic carbocycles. The summed E-state index contributed by atoms with van der Waals surface area (Å²) >= 11 is 1.37. The zero-order chi connectivity index (χ0) is 15.8. The van der Waals surface area contributed by atoms with Gasteiger partial charge in [0.25, 0.3) is 0 Å². The molecule has 1 atom stereocenters. The summed E-state index contributed by atoms with van der Waals surface area (Å²) in [5.74, 6) is 0.740. The molecule has 0 aliphatic carbocycles. The minimum absolute atomic E-state index is 0.0517. The second-order valence-electron chi connectivity index (χ2n) is 4.49. The van der Waals surface area contributed by atoms with E-state index in [0.717, 1.165) is 11.4 Å². The molecule has 0 bridgehead atoms. The van der Waals surface area contributed by atoms with Crippen LogP contribution in [0.3, 0.4) is 0 Å². The van der Waals surface area contributed by atoms with Crippen molar-refractivity contribution in [1.82, 2.24) is 9.97 Å². The first-order chi connectivity index (χ1) is 10.7. The lowest BCUT2D eigenvalue weighted by Gasteiger charge is -2.14. The summed E-state index contributed by atoms with van der Waals surface area (Å²) in [7, 11) is 0. The molecule has 0 saturated heterocycles. The molecule has 2 aromatic rings. The van der Waals surface area contributed by atoms with Gasteiger partial charge >= 0.3 is 0 Å². The number of benzene rings is 1. The van der Waals surface area contributed by atoms with Gasteiger partial charge in [-0.05, 0) is 43.7 Å². The van der Waals surface area contributed by atoms with Gasteiger partial charge < -0.3 is 10.1 Å². The SMILES string of the molecule is CCOc1ccc(NC(=O)C(CC)Sc2ncccn2)cc1. The van der Waals surface area contributed by atoms with Gasteiger partial charge in [0.2, 0.25) is 5.91 Å². The Hall–Kier alpha value is -2.08. The van der Waals surface area contributed by atoms with Crippen LogP contribution < -0.4 is 10.1 Å². The predicted octanol–water partition coefficient (Wildman–Crippen LogP) is 3.38. The van der Waals surface area contributed by atoms with E-state index < -0.39 is 0 Å². The van der Waals surface area contributed by atoms with Gasteiger partial charge in [-0.25, -0.2) is 9.97 Å². The number of carbonyl (C=O) groups is 1. The second kappa shape index (κ2) is 8.38. The molecule has 1 aromatic heterocycles. The fourth-order valence-corrected chi connectivity index (χ4v) is 2.65. The number of hydrogen-bond donors (Lipinski definition) is 1. The molecule has 0 fully saturated rings. The number of ether oxygens (including phenoxy) is 1. The molecule has 5 nitrogen and oxygen atoms in total. The lowest BCUT2D eigenvalue weighted by molar-refractivity contribution is -0.115. The Labute approximate surface area is 134 Å². The van der Waals surface area contributed by atoms with E-state index in [9.17, 15) is 4.79 Å². The van der Waals surface area contributed by atoms with Crippen LogP contribution in [0.25, 0.3) is 0 Å². The van der Waals surface area contributed by atoms with Gasteiger partial charge in [-0.15, -0.1) is 0 Å². The third kappa shape index (κ3) is 4.73. The number of carbonyl (C=O) groups excluding carboxylic acids is 1. The Bertz CT molecular complexity index is 590. The number of aromatic nitrogens is 2. The molecular weight excluding hydrogens is 298 g/mol. The summed E-state index contributed by atoms with van der Waals surface area (Å²) in [6.07, 6.45) is 4.05. The molecule has 0 saturated carbocycles.